The number of benzene rings is 2. The molecule has 5 heterocycles. The van der Waals surface area contributed by atoms with E-state index in [1.54, 1.807) is 20.3 Å². The van der Waals surface area contributed by atoms with Crippen LogP contribution in [0.2, 0.25) is 0 Å². The molecule has 4 aromatic rings. The number of aromatic nitrogens is 3. The first-order valence-corrected chi connectivity index (χ1v) is 18.2. The standard InChI is InChI=1S/C39H46FN7O3/c1-23(2)46-22-42-33-21-31(43-36(35(33)46)44-32-20-28(37(48)41-4)24(3)16-30(32)40)25-8-9-29-34(17-25)47(38(49)39(29)10-14-50-15-11-39)27-18-26(19-27)45-12-6-5-7-13-45/h8-9,16-17,20-23,26-27H,5-7,10-15,18-19H2,1-4H3,(H,41,48)(H,43,44)/t26-,27+. The summed E-state index contributed by atoms with van der Waals surface area (Å²) in [5, 5.41) is 5.87. The number of halogens is 1. The van der Waals surface area contributed by atoms with Gasteiger partial charge in [0.15, 0.2) is 5.82 Å². The van der Waals surface area contributed by atoms with E-state index >= 15 is 4.39 Å². The van der Waals surface area contributed by atoms with E-state index in [-0.39, 0.29) is 29.6 Å². The quantitative estimate of drug-likeness (QED) is 0.226. The topological polar surface area (TPSA) is 105 Å². The van der Waals surface area contributed by atoms with E-state index in [1.165, 1.54) is 31.4 Å². The average Bonchev–Trinajstić information content (AvgIpc) is 3.64. The first-order valence-electron chi connectivity index (χ1n) is 18.2. The molecule has 50 heavy (non-hydrogen) atoms. The fourth-order valence-electron chi connectivity index (χ4n) is 8.63. The molecule has 0 atom stereocenters. The SMILES string of the molecule is CNC(=O)c1cc(Nc2nc(-c3ccc4c(c3)N([C@H]3C[C@@H](N5CCCCC5)C3)C(=O)C43CCOCC3)cc3ncn(C(C)C)c23)c(F)cc1C. The molecule has 2 aromatic heterocycles. The van der Waals surface area contributed by atoms with Crippen molar-refractivity contribution >= 4 is 40.0 Å². The summed E-state index contributed by atoms with van der Waals surface area (Å²) in [6.07, 6.45) is 8.96. The van der Waals surface area contributed by atoms with Crippen LogP contribution in [0.15, 0.2) is 42.7 Å². The van der Waals surface area contributed by atoms with Crippen molar-refractivity contribution in [1.29, 1.82) is 0 Å². The number of ether oxygens (including phenoxy) is 1. The Morgan fingerprint density at radius 3 is 2.52 bits per heavy atom. The van der Waals surface area contributed by atoms with E-state index in [1.807, 2.05) is 10.6 Å². The van der Waals surface area contributed by atoms with Gasteiger partial charge in [-0.15, -0.1) is 0 Å². The van der Waals surface area contributed by atoms with Crippen molar-refractivity contribution in [3.63, 3.8) is 0 Å². The summed E-state index contributed by atoms with van der Waals surface area (Å²) in [5.41, 5.74) is 5.54. The molecule has 10 nitrogen and oxygen atoms in total. The monoisotopic (exact) mass is 679 g/mol. The first kappa shape index (κ1) is 32.8. The normalized spacial score (nSPS) is 21.9. The van der Waals surface area contributed by atoms with Crippen LogP contribution in [0, 0.1) is 12.7 Å². The molecule has 1 spiro atoms. The van der Waals surface area contributed by atoms with Crippen LogP contribution >= 0.6 is 0 Å². The number of anilines is 3. The van der Waals surface area contributed by atoms with Crippen LogP contribution in [0.5, 0.6) is 0 Å². The molecule has 262 valence electrons. The van der Waals surface area contributed by atoms with Gasteiger partial charge in [0.05, 0.1) is 28.6 Å². The number of fused-ring (bicyclic) bond motifs is 3. The predicted molar refractivity (Wildman–Crippen MR) is 193 cm³/mol. The number of hydrogen-bond donors (Lipinski definition) is 2. The highest BCUT2D eigenvalue weighted by Gasteiger charge is 2.55. The number of aryl methyl sites for hydroxylation is 1. The number of carbonyl (C=O) groups excluding carboxylic acids is 2. The first-order chi connectivity index (χ1) is 24.2. The number of imidazole rings is 1. The Labute approximate surface area is 292 Å². The van der Waals surface area contributed by atoms with Crippen LogP contribution in [-0.2, 0) is 14.9 Å². The number of amides is 2. The van der Waals surface area contributed by atoms with Gasteiger partial charge in [0.25, 0.3) is 5.91 Å². The highest BCUT2D eigenvalue weighted by atomic mass is 19.1. The summed E-state index contributed by atoms with van der Waals surface area (Å²) in [4.78, 5) is 41.7. The summed E-state index contributed by atoms with van der Waals surface area (Å²) in [6, 6.07) is 11.9. The Hall–Kier alpha value is -4.35. The highest BCUT2D eigenvalue weighted by molar-refractivity contribution is 6.09. The molecule has 0 unspecified atom stereocenters. The fourth-order valence-corrected chi connectivity index (χ4v) is 8.63. The molecule has 8 rings (SSSR count). The van der Waals surface area contributed by atoms with Crippen LogP contribution in [0.3, 0.4) is 0 Å². The van der Waals surface area contributed by atoms with E-state index in [2.05, 4.69) is 52.5 Å². The van der Waals surface area contributed by atoms with E-state index < -0.39 is 11.2 Å². The van der Waals surface area contributed by atoms with E-state index in [0.29, 0.717) is 60.3 Å². The third-order valence-corrected chi connectivity index (χ3v) is 11.6. The van der Waals surface area contributed by atoms with Crippen molar-refractivity contribution in [3.05, 3.63) is 65.2 Å². The van der Waals surface area contributed by atoms with Crippen molar-refractivity contribution in [2.24, 2.45) is 0 Å². The molecule has 0 radical (unpaired) electrons. The number of rotatable bonds is 7. The Kier molecular flexibility index (Phi) is 8.38. The third kappa shape index (κ3) is 5.37. The largest absolute Gasteiger partial charge is 0.381 e. The minimum Gasteiger partial charge on any atom is -0.381 e. The number of piperidine rings is 1. The highest BCUT2D eigenvalue weighted by Crippen LogP contribution is 2.52. The molecule has 2 amide bonds. The number of likely N-dealkylation sites (tertiary alicyclic amines) is 1. The van der Waals surface area contributed by atoms with Crippen molar-refractivity contribution in [2.75, 3.05) is 43.6 Å². The second kappa shape index (κ2) is 12.8. The maximum absolute atomic E-state index is 15.5. The van der Waals surface area contributed by atoms with Crippen LogP contribution in [0.25, 0.3) is 22.3 Å². The van der Waals surface area contributed by atoms with Crippen LogP contribution < -0.4 is 15.5 Å². The molecule has 1 saturated carbocycles. The summed E-state index contributed by atoms with van der Waals surface area (Å²) in [6.45, 7) is 9.29. The molecule has 4 aliphatic rings. The number of pyridine rings is 1. The zero-order chi connectivity index (χ0) is 34.7. The van der Waals surface area contributed by atoms with Crippen LogP contribution in [0.1, 0.15) is 86.3 Å². The van der Waals surface area contributed by atoms with Gasteiger partial charge in [-0.25, -0.2) is 14.4 Å². The van der Waals surface area contributed by atoms with Gasteiger partial charge in [0, 0.05) is 55.2 Å². The smallest absolute Gasteiger partial charge is 0.251 e. The van der Waals surface area contributed by atoms with Crippen LogP contribution in [-0.4, -0.2) is 76.7 Å². The number of nitrogens with zero attached hydrogens (tertiary/aromatic N) is 5. The van der Waals surface area contributed by atoms with Crippen molar-refractivity contribution in [1.82, 2.24) is 24.8 Å². The lowest BCUT2D eigenvalue weighted by molar-refractivity contribution is -0.127. The van der Waals surface area contributed by atoms with Gasteiger partial charge in [-0.3, -0.25) is 9.59 Å². The zero-order valence-electron chi connectivity index (χ0n) is 29.4. The van der Waals surface area contributed by atoms with E-state index in [0.717, 1.165) is 48.3 Å². The van der Waals surface area contributed by atoms with Gasteiger partial charge >= 0.3 is 0 Å². The number of hydrogen-bond acceptors (Lipinski definition) is 7. The average molecular weight is 680 g/mol. The van der Waals surface area contributed by atoms with E-state index in [9.17, 15) is 9.59 Å². The summed E-state index contributed by atoms with van der Waals surface area (Å²) < 4.78 is 23.2. The molecular weight excluding hydrogens is 633 g/mol. The summed E-state index contributed by atoms with van der Waals surface area (Å²) in [7, 11) is 1.56. The molecule has 2 saturated heterocycles. The Morgan fingerprint density at radius 2 is 1.80 bits per heavy atom. The zero-order valence-corrected chi connectivity index (χ0v) is 29.4. The van der Waals surface area contributed by atoms with E-state index in [4.69, 9.17) is 14.7 Å². The van der Waals surface area contributed by atoms with Gasteiger partial charge in [0.1, 0.15) is 11.3 Å². The number of carbonyl (C=O) groups is 2. The minimum absolute atomic E-state index is 0.0731. The molecule has 11 heteroatoms. The van der Waals surface area contributed by atoms with Crippen LogP contribution in [0.4, 0.5) is 21.6 Å². The number of nitrogens with one attached hydrogen (secondary N) is 2. The van der Waals surface area contributed by atoms with Gasteiger partial charge < -0.3 is 29.7 Å². The predicted octanol–water partition coefficient (Wildman–Crippen LogP) is 6.64. The summed E-state index contributed by atoms with van der Waals surface area (Å²) in [5.74, 6) is -0.133. The summed E-state index contributed by atoms with van der Waals surface area (Å²) >= 11 is 0. The van der Waals surface area contributed by atoms with Gasteiger partial charge in [0.2, 0.25) is 5.91 Å². The Morgan fingerprint density at radius 1 is 1.04 bits per heavy atom. The second-order valence-corrected chi connectivity index (χ2v) is 14.8. The third-order valence-electron chi connectivity index (χ3n) is 11.6. The molecule has 2 aromatic carbocycles. The molecule has 2 N–H and O–H groups in total. The van der Waals surface area contributed by atoms with Crippen molar-refractivity contribution in [2.45, 2.75) is 89.3 Å². The lowest BCUT2D eigenvalue weighted by Crippen LogP contribution is -2.57. The molecule has 1 aliphatic carbocycles. The van der Waals surface area contributed by atoms with Crippen molar-refractivity contribution < 1.29 is 18.7 Å². The lowest BCUT2D eigenvalue weighted by atomic mass is 9.75. The second-order valence-electron chi connectivity index (χ2n) is 14.8. The molecule has 0 bridgehead atoms. The minimum atomic E-state index is -0.562. The fraction of sp³-hybridized carbons (Fsp3) is 0.487. The lowest BCUT2D eigenvalue weighted by Gasteiger charge is -2.48. The molecule has 3 fully saturated rings. The molecule has 3 aliphatic heterocycles. The maximum atomic E-state index is 15.5. The van der Waals surface area contributed by atoms with Crippen molar-refractivity contribution in [3.8, 4) is 11.3 Å². The van der Waals surface area contributed by atoms with Gasteiger partial charge in [-0.05, 0) is 108 Å². The maximum Gasteiger partial charge on any atom is 0.251 e. The Bertz CT molecular complexity index is 1970. The van der Waals surface area contributed by atoms with Gasteiger partial charge in [-0.1, -0.05) is 18.6 Å². The van der Waals surface area contributed by atoms with Gasteiger partial charge in [-0.2, -0.15) is 0 Å². The molecular formula is C39H46FN7O3. The Balaban J connectivity index is 1.20.